The highest BCUT2D eigenvalue weighted by atomic mass is 35.5. The van der Waals surface area contributed by atoms with Gasteiger partial charge in [0.2, 0.25) is 21.8 Å². The second kappa shape index (κ2) is 11.5. The van der Waals surface area contributed by atoms with Crippen molar-refractivity contribution in [2.75, 3.05) is 24.2 Å². The van der Waals surface area contributed by atoms with Crippen molar-refractivity contribution in [2.45, 2.75) is 46.2 Å². The van der Waals surface area contributed by atoms with Gasteiger partial charge in [-0.2, -0.15) is 0 Å². The monoisotopic (exact) mass is 493 g/mol. The minimum atomic E-state index is -3.54. The number of benzene rings is 2. The molecule has 0 aliphatic rings. The van der Waals surface area contributed by atoms with E-state index in [0.29, 0.717) is 17.1 Å². The zero-order valence-electron chi connectivity index (χ0n) is 19.8. The second-order valence-electron chi connectivity index (χ2n) is 8.13. The van der Waals surface area contributed by atoms with E-state index in [2.05, 4.69) is 5.32 Å². The predicted octanol–water partition coefficient (Wildman–Crippen LogP) is 3.67. The van der Waals surface area contributed by atoms with Crippen molar-refractivity contribution in [3.8, 4) is 0 Å². The van der Waals surface area contributed by atoms with E-state index in [1.165, 1.54) is 16.3 Å². The maximum atomic E-state index is 13.1. The Bertz CT molecular complexity index is 1100. The minimum absolute atomic E-state index is 0.0860. The van der Waals surface area contributed by atoms with E-state index in [1.807, 2.05) is 44.2 Å². The first-order chi connectivity index (χ1) is 15.5. The summed E-state index contributed by atoms with van der Waals surface area (Å²) in [6, 6.07) is 12.1. The molecule has 0 heterocycles. The van der Waals surface area contributed by atoms with Crippen LogP contribution in [0.4, 0.5) is 5.69 Å². The lowest BCUT2D eigenvalue weighted by molar-refractivity contribution is -0.140. The van der Waals surface area contributed by atoms with Crippen LogP contribution in [0.15, 0.2) is 42.5 Å². The SMILES string of the molecule is CNC(=O)[C@@H](C)N(Cc1ccccc1Cl)C(=O)CCCN(c1cc(C)ccc1C)S(C)(=O)=O. The average Bonchev–Trinajstić information content (AvgIpc) is 2.76. The molecule has 0 fully saturated rings. The van der Waals surface area contributed by atoms with Crippen molar-refractivity contribution in [1.82, 2.24) is 10.2 Å². The number of carbonyl (C=O) groups is 2. The van der Waals surface area contributed by atoms with Gasteiger partial charge in [-0.15, -0.1) is 0 Å². The van der Waals surface area contributed by atoms with Crippen molar-refractivity contribution in [3.63, 3.8) is 0 Å². The van der Waals surface area contributed by atoms with Crippen molar-refractivity contribution in [3.05, 3.63) is 64.2 Å². The molecule has 1 N–H and O–H groups in total. The van der Waals surface area contributed by atoms with Crippen molar-refractivity contribution < 1.29 is 18.0 Å². The van der Waals surface area contributed by atoms with Crippen LogP contribution in [0.1, 0.15) is 36.5 Å². The van der Waals surface area contributed by atoms with E-state index >= 15 is 0 Å². The van der Waals surface area contributed by atoms with Gasteiger partial charge in [-0.05, 0) is 56.0 Å². The van der Waals surface area contributed by atoms with E-state index in [1.54, 1.807) is 19.1 Å². The Morgan fingerprint density at radius 2 is 1.79 bits per heavy atom. The summed E-state index contributed by atoms with van der Waals surface area (Å²) in [5.74, 6) is -0.538. The Hall–Kier alpha value is -2.58. The number of nitrogens with one attached hydrogen (secondary N) is 1. The molecule has 0 aromatic heterocycles. The molecular weight excluding hydrogens is 462 g/mol. The Morgan fingerprint density at radius 3 is 2.39 bits per heavy atom. The van der Waals surface area contributed by atoms with Gasteiger partial charge in [0.25, 0.3) is 0 Å². The number of hydrogen-bond donors (Lipinski definition) is 1. The number of halogens is 1. The van der Waals surface area contributed by atoms with Crippen LogP contribution in [-0.4, -0.2) is 51.0 Å². The van der Waals surface area contributed by atoms with Gasteiger partial charge in [0, 0.05) is 31.6 Å². The summed E-state index contributed by atoms with van der Waals surface area (Å²) in [7, 11) is -2.02. The van der Waals surface area contributed by atoms with Crippen LogP contribution in [0.2, 0.25) is 5.02 Å². The zero-order valence-corrected chi connectivity index (χ0v) is 21.3. The molecule has 0 aliphatic carbocycles. The molecule has 33 heavy (non-hydrogen) atoms. The van der Waals surface area contributed by atoms with Crippen molar-refractivity contribution >= 4 is 39.1 Å². The molecule has 2 aromatic carbocycles. The number of rotatable bonds is 10. The fourth-order valence-electron chi connectivity index (χ4n) is 3.57. The van der Waals surface area contributed by atoms with Gasteiger partial charge in [-0.3, -0.25) is 13.9 Å². The molecular formula is C24H32ClN3O4S. The number of anilines is 1. The molecule has 2 aromatic rings. The predicted molar refractivity (Wildman–Crippen MR) is 133 cm³/mol. The highest BCUT2D eigenvalue weighted by Crippen LogP contribution is 2.25. The van der Waals surface area contributed by atoms with Gasteiger partial charge < -0.3 is 10.2 Å². The van der Waals surface area contributed by atoms with Crippen LogP contribution in [0.25, 0.3) is 0 Å². The first-order valence-electron chi connectivity index (χ1n) is 10.7. The quantitative estimate of drug-likeness (QED) is 0.547. The van der Waals surface area contributed by atoms with Crippen LogP contribution in [0.3, 0.4) is 0 Å². The van der Waals surface area contributed by atoms with Gasteiger partial charge >= 0.3 is 0 Å². The molecule has 0 spiro atoms. The van der Waals surface area contributed by atoms with E-state index in [4.69, 9.17) is 11.6 Å². The maximum absolute atomic E-state index is 13.1. The van der Waals surface area contributed by atoms with Crippen LogP contribution < -0.4 is 9.62 Å². The molecule has 1 atom stereocenters. The van der Waals surface area contributed by atoms with Crippen molar-refractivity contribution in [2.24, 2.45) is 0 Å². The Morgan fingerprint density at radius 1 is 1.12 bits per heavy atom. The molecule has 7 nitrogen and oxygen atoms in total. The molecule has 0 bridgehead atoms. The summed E-state index contributed by atoms with van der Waals surface area (Å²) in [6.07, 6.45) is 1.55. The summed E-state index contributed by atoms with van der Waals surface area (Å²) in [5.41, 5.74) is 3.13. The number of likely N-dealkylation sites (N-methyl/N-ethyl adjacent to an activating group) is 1. The Balaban J connectivity index is 2.19. The summed E-state index contributed by atoms with van der Waals surface area (Å²) >= 11 is 6.27. The van der Waals surface area contributed by atoms with Crippen molar-refractivity contribution in [1.29, 1.82) is 0 Å². The number of amides is 2. The van der Waals surface area contributed by atoms with Crippen LogP contribution in [0.5, 0.6) is 0 Å². The normalized spacial score (nSPS) is 12.2. The van der Waals surface area contributed by atoms with Gasteiger partial charge in [-0.1, -0.05) is 41.9 Å². The third kappa shape index (κ3) is 7.20. The lowest BCUT2D eigenvalue weighted by Gasteiger charge is -2.29. The zero-order chi connectivity index (χ0) is 24.8. The minimum Gasteiger partial charge on any atom is -0.357 e. The first kappa shape index (κ1) is 26.7. The van der Waals surface area contributed by atoms with E-state index in [0.717, 1.165) is 22.9 Å². The molecule has 2 rings (SSSR count). The number of aryl methyl sites for hydroxylation is 2. The second-order valence-corrected chi connectivity index (χ2v) is 10.4. The highest BCUT2D eigenvalue weighted by Gasteiger charge is 2.26. The average molecular weight is 494 g/mol. The lowest BCUT2D eigenvalue weighted by atomic mass is 10.1. The van der Waals surface area contributed by atoms with E-state index in [-0.39, 0.29) is 31.3 Å². The molecule has 0 aliphatic heterocycles. The standard InChI is InChI=1S/C24H32ClN3O4S/c1-17-12-13-18(2)22(15-17)28(33(5,31)32)14-8-11-23(29)27(19(3)24(30)26-4)16-20-9-6-7-10-21(20)25/h6-7,9-10,12-13,15,19H,8,11,14,16H2,1-5H3,(H,26,30)/t19-/m1/s1. The van der Waals surface area contributed by atoms with Crippen LogP contribution in [-0.2, 0) is 26.2 Å². The van der Waals surface area contributed by atoms with Crippen LogP contribution in [0, 0.1) is 13.8 Å². The molecule has 9 heteroatoms. The summed E-state index contributed by atoms with van der Waals surface area (Å²) in [5, 5.41) is 3.09. The molecule has 0 saturated heterocycles. The maximum Gasteiger partial charge on any atom is 0.242 e. The Kier molecular flexibility index (Phi) is 9.31. The number of hydrogen-bond acceptors (Lipinski definition) is 4. The summed E-state index contributed by atoms with van der Waals surface area (Å²) in [6.45, 7) is 5.75. The highest BCUT2D eigenvalue weighted by molar-refractivity contribution is 7.92. The number of nitrogens with zero attached hydrogens (tertiary/aromatic N) is 2. The fourth-order valence-corrected chi connectivity index (χ4v) is 4.78. The third-order valence-corrected chi connectivity index (χ3v) is 7.05. The summed E-state index contributed by atoms with van der Waals surface area (Å²) < 4.78 is 26.3. The van der Waals surface area contributed by atoms with Gasteiger partial charge in [-0.25, -0.2) is 8.42 Å². The van der Waals surface area contributed by atoms with E-state index in [9.17, 15) is 18.0 Å². The lowest BCUT2D eigenvalue weighted by Crippen LogP contribution is -2.46. The molecule has 0 saturated carbocycles. The number of carbonyl (C=O) groups excluding carboxylic acids is 2. The van der Waals surface area contributed by atoms with Gasteiger partial charge in [0.15, 0.2) is 0 Å². The third-order valence-electron chi connectivity index (χ3n) is 5.50. The molecule has 180 valence electrons. The van der Waals surface area contributed by atoms with Crippen LogP contribution >= 0.6 is 11.6 Å². The van der Waals surface area contributed by atoms with E-state index < -0.39 is 16.1 Å². The molecule has 2 amide bonds. The first-order valence-corrected chi connectivity index (χ1v) is 13.0. The van der Waals surface area contributed by atoms with Gasteiger partial charge in [0.05, 0.1) is 11.9 Å². The largest absolute Gasteiger partial charge is 0.357 e. The smallest absolute Gasteiger partial charge is 0.242 e. The molecule has 0 unspecified atom stereocenters. The number of sulfonamides is 1. The molecule has 0 radical (unpaired) electrons. The van der Waals surface area contributed by atoms with Gasteiger partial charge in [0.1, 0.15) is 6.04 Å². The Labute approximate surface area is 201 Å². The summed E-state index contributed by atoms with van der Waals surface area (Å²) in [4.78, 5) is 26.9. The topological polar surface area (TPSA) is 86.8 Å². The fraction of sp³-hybridized carbons (Fsp3) is 0.417.